The average Bonchev–Trinajstić information content (AvgIpc) is 3.22. The Kier molecular flexibility index (Phi) is 6.10. The molecule has 0 saturated heterocycles. The lowest BCUT2D eigenvalue weighted by Gasteiger charge is -2.09. The zero-order valence-corrected chi connectivity index (χ0v) is 15.8. The maximum atomic E-state index is 13.8. The number of ketones is 1. The summed E-state index contributed by atoms with van der Waals surface area (Å²) in [7, 11) is 1.43. The molecule has 6 nitrogen and oxygen atoms in total. The van der Waals surface area contributed by atoms with Crippen LogP contribution in [-0.4, -0.2) is 30.9 Å². The van der Waals surface area contributed by atoms with Crippen molar-refractivity contribution in [2.24, 2.45) is 4.99 Å². The fourth-order valence-corrected chi connectivity index (χ4v) is 2.89. The van der Waals surface area contributed by atoms with E-state index in [9.17, 15) is 27.6 Å². The molecule has 0 atom stereocenters. The third kappa shape index (κ3) is 4.29. The normalized spacial score (nSPS) is 12.8. The molecule has 0 radical (unpaired) electrons. The van der Waals surface area contributed by atoms with E-state index in [4.69, 9.17) is 0 Å². The van der Waals surface area contributed by atoms with Gasteiger partial charge in [-0.15, -0.1) is 0 Å². The van der Waals surface area contributed by atoms with Gasteiger partial charge in [0.1, 0.15) is 11.5 Å². The molecule has 0 fully saturated rings. The zero-order chi connectivity index (χ0) is 21.8. The van der Waals surface area contributed by atoms with Crippen LogP contribution in [0.1, 0.15) is 22.3 Å². The summed E-state index contributed by atoms with van der Waals surface area (Å²) in [6.07, 6.45) is 1.32. The number of hydrogen-bond acceptors (Lipinski definition) is 4. The fraction of sp³-hybridized carbons (Fsp3) is 0.143. The molecule has 0 aromatic heterocycles. The van der Waals surface area contributed by atoms with Crippen molar-refractivity contribution < 1.29 is 27.6 Å². The topological polar surface area (TPSA) is 87.6 Å². The number of benzene rings is 2. The van der Waals surface area contributed by atoms with E-state index in [-0.39, 0.29) is 24.1 Å². The molecule has 1 heterocycles. The lowest BCUT2D eigenvalue weighted by Crippen LogP contribution is -2.23. The van der Waals surface area contributed by atoms with Gasteiger partial charge in [-0.25, -0.2) is 13.2 Å². The molecule has 1 aliphatic rings. The molecule has 154 valence electrons. The minimum Gasteiger partial charge on any atom is -0.354 e. The van der Waals surface area contributed by atoms with Gasteiger partial charge in [-0.1, -0.05) is 12.1 Å². The Morgan fingerprint density at radius 2 is 1.63 bits per heavy atom. The zero-order valence-electron chi connectivity index (χ0n) is 15.8. The van der Waals surface area contributed by atoms with Crippen LogP contribution in [0.4, 0.5) is 18.9 Å². The second-order valence-corrected chi connectivity index (χ2v) is 6.39. The van der Waals surface area contributed by atoms with Crippen molar-refractivity contribution in [2.45, 2.75) is 12.8 Å². The summed E-state index contributed by atoms with van der Waals surface area (Å²) >= 11 is 0. The molecule has 30 heavy (non-hydrogen) atoms. The van der Waals surface area contributed by atoms with Gasteiger partial charge in [0.2, 0.25) is 0 Å². The van der Waals surface area contributed by atoms with Crippen molar-refractivity contribution in [3.8, 4) is 0 Å². The number of carbonyl (C=O) groups is 3. The number of carbonyl (C=O) groups excluding carboxylic acids is 3. The molecule has 0 spiro atoms. The molecule has 0 saturated carbocycles. The van der Waals surface area contributed by atoms with Gasteiger partial charge in [-0.3, -0.25) is 19.4 Å². The quantitative estimate of drug-likeness (QED) is 0.562. The van der Waals surface area contributed by atoms with E-state index in [1.165, 1.54) is 37.5 Å². The molecular formula is C21H16F3N3O3. The summed E-state index contributed by atoms with van der Waals surface area (Å²) in [4.78, 5) is 40.2. The van der Waals surface area contributed by atoms with Crippen molar-refractivity contribution in [3.05, 3.63) is 76.2 Å². The Bertz CT molecular complexity index is 1090. The van der Waals surface area contributed by atoms with Crippen LogP contribution in [0.2, 0.25) is 0 Å². The predicted octanol–water partition coefficient (Wildman–Crippen LogP) is 2.94. The number of nitrogens with zero attached hydrogens (tertiary/aromatic N) is 1. The van der Waals surface area contributed by atoms with Crippen LogP contribution in [0.15, 0.2) is 52.7 Å². The number of likely N-dealkylation sites (N-methyl/N-ethyl adjacent to an activating group) is 1. The molecule has 1 aliphatic heterocycles. The summed E-state index contributed by atoms with van der Waals surface area (Å²) in [5.41, 5.74) is 0.120. The smallest absolute Gasteiger partial charge is 0.270 e. The van der Waals surface area contributed by atoms with Gasteiger partial charge in [0.25, 0.3) is 11.8 Å². The molecule has 0 aliphatic carbocycles. The molecular weight excluding hydrogens is 399 g/mol. The van der Waals surface area contributed by atoms with Gasteiger partial charge in [0, 0.05) is 31.8 Å². The van der Waals surface area contributed by atoms with Crippen molar-refractivity contribution >= 4 is 29.5 Å². The van der Waals surface area contributed by atoms with E-state index in [0.717, 1.165) is 0 Å². The largest absolute Gasteiger partial charge is 0.354 e. The molecule has 2 aromatic carbocycles. The van der Waals surface area contributed by atoms with Crippen LogP contribution < -0.4 is 10.6 Å². The summed E-state index contributed by atoms with van der Waals surface area (Å²) < 4.78 is 40.8. The van der Waals surface area contributed by atoms with E-state index >= 15 is 0 Å². The van der Waals surface area contributed by atoms with Gasteiger partial charge in [0.05, 0.1) is 11.1 Å². The Hall–Kier alpha value is -3.75. The highest BCUT2D eigenvalue weighted by Gasteiger charge is 2.23. The van der Waals surface area contributed by atoms with Crippen molar-refractivity contribution in [1.29, 1.82) is 0 Å². The third-order valence-electron chi connectivity index (χ3n) is 4.42. The fourth-order valence-electron chi connectivity index (χ4n) is 2.89. The Labute approximate surface area is 169 Å². The molecule has 2 aromatic rings. The standard InChI is InChI=1S/C21H16F3N3O3/c1-25-21(30)19-13(8-9-26-19)20(29)27-12-4-2-11(3-5-12)10-16(28)17-14(22)6-7-15(23)18(17)24/h2-7,9H,8,10H2,1H3,(H,25,30)(H,27,29). The number of nitrogens with one attached hydrogen (secondary N) is 2. The number of anilines is 1. The third-order valence-corrected chi connectivity index (χ3v) is 4.42. The molecule has 2 amide bonds. The number of amides is 2. The molecule has 0 bridgehead atoms. The van der Waals surface area contributed by atoms with Crippen LogP contribution >= 0.6 is 0 Å². The molecule has 3 rings (SSSR count). The van der Waals surface area contributed by atoms with E-state index < -0.39 is 40.6 Å². The lowest BCUT2D eigenvalue weighted by atomic mass is 10.0. The average molecular weight is 415 g/mol. The maximum Gasteiger partial charge on any atom is 0.270 e. The van der Waals surface area contributed by atoms with Gasteiger partial charge in [-0.2, -0.15) is 0 Å². The Balaban J connectivity index is 1.70. The van der Waals surface area contributed by atoms with Crippen LogP contribution in [0.3, 0.4) is 0 Å². The van der Waals surface area contributed by atoms with Gasteiger partial charge in [0.15, 0.2) is 17.4 Å². The van der Waals surface area contributed by atoms with Gasteiger partial charge < -0.3 is 10.6 Å². The number of hydrogen-bond donors (Lipinski definition) is 2. The first-order valence-corrected chi connectivity index (χ1v) is 8.86. The molecule has 2 N–H and O–H groups in total. The minimum atomic E-state index is -1.53. The lowest BCUT2D eigenvalue weighted by molar-refractivity contribution is -0.118. The van der Waals surface area contributed by atoms with E-state index in [1.54, 1.807) is 0 Å². The van der Waals surface area contributed by atoms with E-state index in [0.29, 0.717) is 23.4 Å². The second kappa shape index (κ2) is 8.73. The van der Waals surface area contributed by atoms with Crippen LogP contribution in [-0.2, 0) is 16.0 Å². The second-order valence-electron chi connectivity index (χ2n) is 6.39. The number of halogens is 3. The summed E-state index contributed by atoms with van der Waals surface area (Å²) in [6.45, 7) is 0. The van der Waals surface area contributed by atoms with Crippen LogP contribution in [0, 0.1) is 17.5 Å². The SMILES string of the molecule is CNC(=O)C1=C(C(=O)Nc2ccc(CC(=O)c3c(F)ccc(F)c3F)cc2)CC=N1. The van der Waals surface area contributed by atoms with E-state index in [2.05, 4.69) is 15.6 Å². The first-order chi connectivity index (χ1) is 14.3. The molecule has 9 heteroatoms. The highest BCUT2D eigenvalue weighted by Crippen LogP contribution is 2.21. The Morgan fingerprint density at radius 3 is 2.30 bits per heavy atom. The van der Waals surface area contributed by atoms with E-state index in [1.807, 2.05) is 0 Å². The summed E-state index contributed by atoms with van der Waals surface area (Å²) in [5, 5.41) is 5.03. The first-order valence-electron chi connectivity index (χ1n) is 8.86. The monoisotopic (exact) mass is 415 g/mol. The van der Waals surface area contributed by atoms with Crippen LogP contribution in [0.25, 0.3) is 0 Å². The Morgan fingerprint density at radius 1 is 0.967 bits per heavy atom. The number of Topliss-reactive ketones (excluding diaryl/α,β-unsaturated/α-hetero) is 1. The first kappa shape index (κ1) is 21.0. The number of rotatable bonds is 6. The summed E-state index contributed by atoms with van der Waals surface area (Å²) in [5.74, 6) is -5.85. The minimum absolute atomic E-state index is 0.0383. The van der Waals surface area contributed by atoms with Crippen molar-refractivity contribution in [2.75, 3.05) is 12.4 Å². The van der Waals surface area contributed by atoms with Crippen LogP contribution in [0.5, 0.6) is 0 Å². The maximum absolute atomic E-state index is 13.8. The summed E-state index contributed by atoms with van der Waals surface area (Å²) in [6, 6.07) is 7.27. The molecule has 0 unspecified atom stereocenters. The predicted molar refractivity (Wildman–Crippen MR) is 104 cm³/mol. The van der Waals surface area contributed by atoms with Gasteiger partial charge in [-0.05, 0) is 29.8 Å². The van der Waals surface area contributed by atoms with Crippen molar-refractivity contribution in [1.82, 2.24) is 5.32 Å². The van der Waals surface area contributed by atoms with Crippen molar-refractivity contribution in [3.63, 3.8) is 0 Å². The highest BCUT2D eigenvalue weighted by atomic mass is 19.2. The van der Waals surface area contributed by atoms with Gasteiger partial charge >= 0.3 is 0 Å². The number of aliphatic imine (C=N–C) groups is 1. The highest BCUT2D eigenvalue weighted by molar-refractivity contribution is 6.13.